The van der Waals surface area contributed by atoms with Crippen LogP contribution in [0.25, 0.3) is 0 Å². The van der Waals surface area contributed by atoms with Crippen LogP contribution in [0, 0.1) is 11.8 Å². The molecule has 0 bridgehead atoms. The van der Waals surface area contributed by atoms with Gasteiger partial charge in [-0.3, -0.25) is 4.79 Å². The first-order valence-corrected chi connectivity index (χ1v) is 6.75. The number of piperidine rings is 1. The molecule has 3 unspecified atom stereocenters. The highest BCUT2D eigenvalue weighted by Crippen LogP contribution is 2.14. The van der Waals surface area contributed by atoms with E-state index in [2.05, 4.69) is 17.6 Å². The van der Waals surface area contributed by atoms with Gasteiger partial charge in [-0.2, -0.15) is 0 Å². The first kappa shape index (κ1) is 14.5. The number of amides is 1. The Labute approximate surface area is 104 Å². The Kier molecular flexibility index (Phi) is 6.52. The molecule has 0 aromatic carbocycles. The molecule has 0 saturated carbocycles. The highest BCUT2D eigenvalue weighted by Gasteiger charge is 2.23. The lowest BCUT2D eigenvalue weighted by Gasteiger charge is -2.27. The molecule has 0 aromatic heterocycles. The topological polar surface area (TPSA) is 61.4 Å². The second kappa shape index (κ2) is 7.67. The van der Waals surface area contributed by atoms with E-state index in [0.29, 0.717) is 11.8 Å². The number of nitrogens with one attached hydrogen (secondary N) is 2. The Morgan fingerprint density at radius 1 is 1.59 bits per heavy atom. The lowest BCUT2D eigenvalue weighted by atomic mass is 9.94. The Morgan fingerprint density at radius 2 is 2.35 bits per heavy atom. The zero-order chi connectivity index (χ0) is 12.7. The number of hydrogen-bond donors (Lipinski definition) is 3. The van der Waals surface area contributed by atoms with Crippen molar-refractivity contribution in [1.29, 1.82) is 0 Å². The predicted octanol–water partition coefficient (Wildman–Crippen LogP) is 0.899. The highest BCUT2D eigenvalue weighted by molar-refractivity contribution is 5.81. The molecule has 4 nitrogen and oxygen atoms in total. The van der Waals surface area contributed by atoms with E-state index in [-0.39, 0.29) is 18.6 Å². The maximum absolute atomic E-state index is 11.8. The number of hydrogen-bond acceptors (Lipinski definition) is 3. The first-order chi connectivity index (χ1) is 8.13. The van der Waals surface area contributed by atoms with Gasteiger partial charge in [-0.25, -0.2) is 0 Å². The minimum Gasteiger partial charge on any atom is -0.396 e. The van der Waals surface area contributed by atoms with Gasteiger partial charge in [0.1, 0.15) is 0 Å². The number of rotatable bonds is 6. The van der Waals surface area contributed by atoms with Crippen molar-refractivity contribution in [2.75, 3.05) is 19.7 Å². The third kappa shape index (κ3) is 5.50. The maximum atomic E-state index is 11.8. The van der Waals surface area contributed by atoms with E-state index < -0.39 is 0 Å². The molecule has 0 spiro atoms. The molecule has 1 saturated heterocycles. The van der Waals surface area contributed by atoms with Crippen LogP contribution in [0.15, 0.2) is 0 Å². The van der Waals surface area contributed by atoms with E-state index in [1.165, 1.54) is 0 Å². The van der Waals surface area contributed by atoms with Crippen molar-refractivity contribution in [3.05, 3.63) is 0 Å². The fourth-order valence-corrected chi connectivity index (χ4v) is 2.18. The van der Waals surface area contributed by atoms with Crippen LogP contribution in [-0.2, 0) is 4.79 Å². The van der Waals surface area contributed by atoms with Crippen LogP contribution >= 0.6 is 0 Å². The lowest BCUT2D eigenvalue weighted by molar-refractivity contribution is -0.124. The minimum atomic E-state index is -0.00554. The number of carbonyl (C=O) groups is 1. The van der Waals surface area contributed by atoms with Crippen molar-refractivity contribution >= 4 is 5.91 Å². The minimum absolute atomic E-state index is 0.00554. The number of carbonyl (C=O) groups excluding carboxylic acids is 1. The van der Waals surface area contributed by atoms with E-state index in [9.17, 15) is 4.79 Å². The molecule has 1 rings (SSSR count). The van der Waals surface area contributed by atoms with Gasteiger partial charge in [0.2, 0.25) is 5.91 Å². The van der Waals surface area contributed by atoms with Gasteiger partial charge in [-0.05, 0) is 44.1 Å². The quantitative estimate of drug-likeness (QED) is 0.606. The number of aliphatic hydroxyl groups is 1. The summed E-state index contributed by atoms with van der Waals surface area (Å²) < 4.78 is 0. The van der Waals surface area contributed by atoms with Crippen LogP contribution < -0.4 is 10.6 Å². The van der Waals surface area contributed by atoms with E-state index in [4.69, 9.17) is 5.11 Å². The van der Waals surface area contributed by atoms with Crippen LogP contribution in [-0.4, -0.2) is 36.8 Å². The van der Waals surface area contributed by atoms with E-state index in [0.717, 1.165) is 38.8 Å². The van der Waals surface area contributed by atoms with Gasteiger partial charge >= 0.3 is 0 Å². The first-order valence-electron chi connectivity index (χ1n) is 6.75. The maximum Gasteiger partial charge on any atom is 0.237 e. The molecule has 3 N–H and O–H groups in total. The average Bonchev–Trinajstić information content (AvgIpc) is 2.34. The predicted molar refractivity (Wildman–Crippen MR) is 68.7 cm³/mol. The molecule has 1 fully saturated rings. The van der Waals surface area contributed by atoms with E-state index in [1.807, 2.05) is 6.92 Å². The molecule has 1 aliphatic heterocycles. The molecule has 0 radical (unpaired) electrons. The van der Waals surface area contributed by atoms with Crippen molar-refractivity contribution < 1.29 is 9.90 Å². The van der Waals surface area contributed by atoms with E-state index in [1.54, 1.807) is 0 Å². The van der Waals surface area contributed by atoms with Crippen molar-refractivity contribution in [2.24, 2.45) is 11.8 Å². The molecule has 4 heteroatoms. The third-order valence-corrected chi connectivity index (χ3v) is 3.47. The van der Waals surface area contributed by atoms with Crippen molar-refractivity contribution in [1.82, 2.24) is 10.6 Å². The lowest BCUT2D eigenvalue weighted by Crippen LogP contribution is -2.48. The SMILES string of the molecule is CC(CO)CCCNC(=O)C1CC(C)CCN1. The van der Waals surface area contributed by atoms with Crippen molar-refractivity contribution in [2.45, 2.75) is 45.6 Å². The Bertz CT molecular complexity index is 233. The summed E-state index contributed by atoms with van der Waals surface area (Å²) in [4.78, 5) is 11.8. The summed E-state index contributed by atoms with van der Waals surface area (Å²) in [7, 11) is 0. The third-order valence-electron chi connectivity index (χ3n) is 3.47. The molecule has 3 atom stereocenters. The summed E-state index contributed by atoms with van der Waals surface area (Å²) in [5.41, 5.74) is 0. The molecule has 17 heavy (non-hydrogen) atoms. The number of aliphatic hydroxyl groups excluding tert-OH is 1. The van der Waals surface area contributed by atoms with Crippen LogP contribution in [0.1, 0.15) is 39.5 Å². The average molecular weight is 242 g/mol. The molecular weight excluding hydrogens is 216 g/mol. The van der Waals surface area contributed by atoms with Crippen LogP contribution in [0.4, 0.5) is 0 Å². The highest BCUT2D eigenvalue weighted by atomic mass is 16.3. The summed E-state index contributed by atoms with van der Waals surface area (Å²) in [6, 6.07) is -0.00554. The van der Waals surface area contributed by atoms with Gasteiger partial charge in [-0.15, -0.1) is 0 Å². The molecule has 1 heterocycles. The smallest absolute Gasteiger partial charge is 0.237 e. The van der Waals surface area contributed by atoms with Gasteiger partial charge < -0.3 is 15.7 Å². The van der Waals surface area contributed by atoms with Crippen molar-refractivity contribution in [3.8, 4) is 0 Å². The van der Waals surface area contributed by atoms with Gasteiger partial charge in [0.15, 0.2) is 0 Å². The summed E-state index contributed by atoms with van der Waals surface area (Å²) >= 11 is 0. The van der Waals surface area contributed by atoms with Crippen LogP contribution in [0.2, 0.25) is 0 Å². The molecule has 100 valence electrons. The summed E-state index contributed by atoms with van der Waals surface area (Å²) in [6.07, 6.45) is 4.01. The Morgan fingerprint density at radius 3 is 3.00 bits per heavy atom. The summed E-state index contributed by atoms with van der Waals surface area (Å²) in [5.74, 6) is 1.11. The van der Waals surface area contributed by atoms with Crippen molar-refractivity contribution in [3.63, 3.8) is 0 Å². The molecular formula is C13H26N2O2. The van der Waals surface area contributed by atoms with Gasteiger partial charge in [0.05, 0.1) is 6.04 Å². The largest absolute Gasteiger partial charge is 0.396 e. The summed E-state index contributed by atoms with van der Waals surface area (Å²) in [6.45, 7) is 6.11. The fraction of sp³-hybridized carbons (Fsp3) is 0.923. The van der Waals surface area contributed by atoms with Gasteiger partial charge in [0.25, 0.3) is 0 Å². The molecule has 1 aliphatic rings. The molecule has 0 aromatic rings. The standard InChI is InChI=1S/C13H26N2O2/c1-10-5-7-14-12(8-10)13(17)15-6-3-4-11(2)9-16/h10-12,14,16H,3-9H2,1-2H3,(H,15,17). The van der Waals surface area contributed by atoms with Crippen LogP contribution in [0.5, 0.6) is 0 Å². The summed E-state index contributed by atoms with van der Waals surface area (Å²) in [5, 5.41) is 15.1. The second-order valence-corrected chi connectivity index (χ2v) is 5.36. The zero-order valence-corrected chi connectivity index (χ0v) is 11.0. The normalized spacial score (nSPS) is 26.5. The second-order valence-electron chi connectivity index (χ2n) is 5.36. The Hall–Kier alpha value is -0.610. The fourth-order valence-electron chi connectivity index (χ4n) is 2.18. The van der Waals surface area contributed by atoms with E-state index >= 15 is 0 Å². The molecule has 1 amide bonds. The van der Waals surface area contributed by atoms with Gasteiger partial charge in [-0.1, -0.05) is 13.8 Å². The molecule has 0 aliphatic carbocycles. The zero-order valence-electron chi connectivity index (χ0n) is 11.0. The monoisotopic (exact) mass is 242 g/mol. The van der Waals surface area contributed by atoms with Gasteiger partial charge in [0, 0.05) is 13.2 Å². The van der Waals surface area contributed by atoms with Crippen LogP contribution in [0.3, 0.4) is 0 Å². The Balaban J connectivity index is 2.12.